The van der Waals surface area contributed by atoms with Crippen LogP contribution >= 0.6 is 0 Å². The molecule has 0 fully saturated rings. The monoisotopic (exact) mass is 425 g/mol. The molecule has 0 radical (unpaired) electrons. The van der Waals surface area contributed by atoms with E-state index in [1.54, 1.807) is 0 Å². The lowest BCUT2D eigenvalue weighted by Crippen LogP contribution is -2.32. The molecule has 1 aromatic heterocycles. The largest absolute Gasteiger partial charge is 0.433 e. The number of nitrogens with zero attached hydrogens (tertiary/aromatic N) is 5. The van der Waals surface area contributed by atoms with E-state index in [1.807, 2.05) is 0 Å². The average molecular weight is 425 g/mol. The number of hydrogen-bond donors (Lipinski definition) is 2. The van der Waals surface area contributed by atoms with Crippen LogP contribution in [0.5, 0.6) is 0 Å². The summed E-state index contributed by atoms with van der Waals surface area (Å²) in [6, 6.07) is 2.74. The van der Waals surface area contributed by atoms with Gasteiger partial charge in [0.1, 0.15) is 10.7 Å². The second-order valence-corrected chi connectivity index (χ2v) is 5.53. The number of nitro benzene ring substituents is 3. The molecule has 0 aliphatic heterocycles. The zero-order valence-corrected chi connectivity index (χ0v) is 14.8. The van der Waals surface area contributed by atoms with E-state index in [1.165, 1.54) is 0 Å². The maximum Gasteiger partial charge on any atom is 0.433 e. The van der Waals surface area contributed by atoms with Crippen LogP contribution in [0.2, 0.25) is 0 Å². The highest BCUT2D eigenvalue weighted by Crippen LogP contribution is 2.46. The molecule has 2 rings (SSSR count). The number of furan rings is 1. The normalized spacial score (nSPS) is 11.1. The van der Waals surface area contributed by atoms with E-state index < -0.39 is 60.3 Å². The fraction of sp³-hybridized carbons (Fsp3) is 0.143. The molecule has 0 unspecified atom stereocenters. The van der Waals surface area contributed by atoms with Gasteiger partial charge in [-0.15, -0.1) is 0 Å². The molecule has 1 aromatic carbocycles. The van der Waals surface area contributed by atoms with E-state index in [0.717, 1.165) is 31.3 Å². The summed E-state index contributed by atoms with van der Waals surface area (Å²) in [7, 11) is 0.848. The minimum absolute atomic E-state index is 0.159. The SMILES string of the molecule is CN(c1c([N+](=O)[O-])cc(C=Cc2ccc([N+](=O)[O-])o2)c([N+](=O)[O-])c1[N+](=O)[O-])C(O)O. The van der Waals surface area contributed by atoms with Gasteiger partial charge in [-0.1, -0.05) is 0 Å². The number of anilines is 1. The first kappa shape index (κ1) is 21.9. The number of benzene rings is 1. The number of aliphatic hydroxyl groups excluding tert-OH is 1. The molecule has 158 valence electrons. The Balaban J connectivity index is 2.80. The summed E-state index contributed by atoms with van der Waals surface area (Å²) in [5.41, 5.74) is -5.15. The summed E-state index contributed by atoms with van der Waals surface area (Å²) in [4.78, 5) is 41.0. The first-order valence-corrected chi connectivity index (χ1v) is 7.61. The van der Waals surface area contributed by atoms with E-state index in [2.05, 4.69) is 0 Å². The predicted octanol–water partition coefficient (Wildman–Crippen LogP) is 1.79. The maximum atomic E-state index is 11.5. The zero-order chi connectivity index (χ0) is 22.7. The molecule has 0 atom stereocenters. The Kier molecular flexibility index (Phi) is 6.04. The first-order chi connectivity index (χ1) is 14.0. The van der Waals surface area contributed by atoms with Crippen molar-refractivity contribution in [2.75, 3.05) is 11.9 Å². The lowest BCUT2D eigenvalue weighted by molar-refractivity contribution is -0.423. The number of nitro groups is 4. The van der Waals surface area contributed by atoms with E-state index in [9.17, 15) is 50.7 Å². The van der Waals surface area contributed by atoms with Crippen LogP contribution in [-0.4, -0.2) is 43.4 Å². The van der Waals surface area contributed by atoms with Crippen LogP contribution in [0.1, 0.15) is 11.3 Å². The Hall–Kier alpha value is -4.44. The molecule has 0 aliphatic carbocycles. The molecule has 0 spiro atoms. The minimum atomic E-state index is -2.44. The van der Waals surface area contributed by atoms with Crippen molar-refractivity contribution < 1.29 is 34.3 Å². The lowest BCUT2D eigenvalue weighted by atomic mass is 10.1. The van der Waals surface area contributed by atoms with Crippen molar-refractivity contribution in [3.05, 3.63) is 70.0 Å². The van der Waals surface area contributed by atoms with Crippen molar-refractivity contribution in [3.63, 3.8) is 0 Å². The van der Waals surface area contributed by atoms with Gasteiger partial charge < -0.3 is 19.5 Å². The Morgan fingerprint density at radius 2 is 1.53 bits per heavy atom. The van der Waals surface area contributed by atoms with Crippen molar-refractivity contribution in [3.8, 4) is 0 Å². The molecule has 16 nitrogen and oxygen atoms in total. The number of hydrogen-bond acceptors (Lipinski definition) is 12. The highest BCUT2D eigenvalue weighted by Gasteiger charge is 2.41. The second kappa shape index (κ2) is 8.29. The lowest BCUT2D eigenvalue weighted by Gasteiger charge is -2.20. The van der Waals surface area contributed by atoms with E-state index >= 15 is 0 Å². The zero-order valence-electron chi connectivity index (χ0n) is 14.8. The Morgan fingerprint density at radius 3 is 1.97 bits per heavy atom. The molecule has 0 bridgehead atoms. The van der Waals surface area contributed by atoms with Crippen LogP contribution < -0.4 is 4.90 Å². The summed E-state index contributed by atoms with van der Waals surface area (Å²) in [5, 5.41) is 63.6. The van der Waals surface area contributed by atoms with Gasteiger partial charge in [0.15, 0.2) is 0 Å². The van der Waals surface area contributed by atoms with Crippen LogP contribution in [-0.2, 0) is 0 Å². The average Bonchev–Trinajstić information content (AvgIpc) is 3.13. The van der Waals surface area contributed by atoms with Gasteiger partial charge in [-0.3, -0.25) is 40.5 Å². The number of rotatable bonds is 8. The molecule has 16 heteroatoms. The Labute approximate surface area is 164 Å². The molecular weight excluding hydrogens is 414 g/mol. The molecule has 1 heterocycles. The van der Waals surface area contributed by atoms with Gasteiger partial charge in [0.05, 0.1) is 26.4 Å². The van der Waals surface area contributed by atoms with Crippen LogP contribution in [0.4, 0.5) is 28.6 Å². The van der Waals surface area contributed by atoms with Crippen molar-refractivity contribution in [2.24, 2.45) is 0 Å². The van der Waals surface area contributed by atoms with Gasteiger partial charge >= 0.3 is 22.9 Å². The molecular formula is C14H11N5O11. The van der Waals surface area contributed by atoms with Crippen molar-refractivity contribution in [2.45, 2.75) is 6.41 Å². The molecule has 30 heavy (non-hydrogen) atoms. The fourth-order valence-electron chi connectivity index (χ4n) is 2.45. The molecule has 0 amide bonds. The van der Waals surface area contributed by atoms with Gasteiger partial charge in [0, 0.05) is 13.1 Å². The van der Waals surface area contributed by atoms with Crippen molar-refractivity contribution in [1.82, 2.24) is 0 Å². The van der Waals surface area contributed by atoms with Gasteiger partial charge in [0.25, 0.3) is 0 Å². The van der Waals surface area contributed by atoms with Crippen molar-refractivity contribution >= 4 is 40.8 Å². The van der Waals surface area contributed by atoms with Gasteiger partial charge in [-0.25, -0.2) is 0 Å². The Morgan fingerprint density at radius 1 is 0.933 bits per heavy atom. The summed E-state index contributed by atoms with van der Waals surface area (Å²) in [5.74, 6) is -0.803. The highest BCUT2D eigenvalue weighted by atomic mass is 16.7. The van der Waals surface area contributed by atoms with Gasteiger partial charge in [-0.2, -0.15) is 0 Å². The fourth-order valence-corrected chi connectivity index (χ4v) is 2.45. The van der Waals surface area contributed by atoms with Crippen molar-refractivity contribution in [1.29, 1.82) is 0 Å². The quantitative estimate of drug-likeness (QED) is 0.350. The minimum Gasteiger partial charge on any atom is -0.401 e. The molecule has 0 aliphatic rings. The molecule has 2 N–H and O–H groups in total. The van der Waals surface area contributed by atoms with Crippen LogP contribution in [0.25, 0.3) is 12.2 Å². The van der Waals surface area contributed by atoms with Crippen LogP contribution in [0, 0.1) is 40.5 Å². The van der Waals surface area contributed by atoms with Crippen LogP contribution in [0.15, 0.2) is 22.6 Å². The second-order valence-electron chi connectivity index (χ2n) is 5.53. The highest BCUT2D eigenvalue weighted by molar-refractivity contribution is 5.89. The van der Waals surface area contributed by atoms with Crippen LogP contribution in [0.3, 0.4) is 0 Å². The third kappa shape index (κ3) is 4.18. The third-order valence-electron chi connectivity index (χ3n) is 3.74. The van der Waals surface area contributed by atoms with E-state index in [0.29, 0.717) is 11.0 Å². The molecule has 2 aromatic rings. The summed E-state index contributed by atoms with van der Waals surface area (Å²) < 4.78 is 4.82. The van der Waals surface area contributed by atoms with E-state index in [4.69, 9.17) is 4.42 Å². The topological polar surface area (TPSA) is 229 Å². The maximum absolute atomic E-state index is 11.5. The standard InChI is InChI=1S/C14H11N5O11/c1-15(14(20)21)12-9(16(22)23)6-7(11(18(26)27)13(12)19(28)29)2-3-8-4-5-10(30-8)17(24)25/h2-6,14,20-21H,1H3. The van der Waals surface area contributed by atoms with Gasteiger partial charge in [-0.05, 0) is 18.2 Å². The Bertz CT molecular complexity index is 1070. The predicted molar refractivity (Wildman–Crippen MR) is 97.3 cm³/mol. The number of aliphatic hydroxyl groups is 2. The summed E-state index contributed by atoms with van der Waals surface area (Å²) in [6.45, 7) is 0. The summed E-state index contributed by atoms with van der Waals surface area (Å²) in [6.07, 6.45) is -0.598. The van der Waals surface area contributed by atoms with Gasteiger partial charge in [0.2, 0.25) is 12.1 Å². The summed E-state index contributed by atoms with van der Waals surface area (Å²) >= 11 is 0. The third-order valence-corrected chi connectivity index (χ3v) is 3.74. The first-order valence-electron chi connectivity index (χ1n) is 7.61. The van der Waals surface area contributed by atoms with E-state index in [-0.39, 0.29) is 5.76 Å². The molecule has 0 saturated carbocycles. The smallest absolute Gasteiger partial charge is 0.401 e. The molecule has 0 saturated heterocycles.